The SMILES string of the molecule is C[P+](c1ccccc1)(c1ccccc1)c1ccccc1-c1c2ccccc2cc2ccccc12.[F][Sb-]([F])([F])([F])([F])[F].[H+]. The van der Waals surface area contributed by atoms with Crippen LogP contribution in [0.4, 0.5) is 16.9 Å². The van der Waals surface area contributed by atoms with Gasteiger partial charge in [0.05, 0.1) is 6.66 Å². The minimum Gasteiger partial charge on any atom is 1.00 e. The van der Waals surface area contributed by atoms with Gasteiger partial charge in [-0.25, -0.2) is 0 Å². The van der Waals surface area contributed by atoms with Gasteiger partial charge in [0, 0.05) is 11.1 Å². The molecule has 0 aliphatic rings. The second-order valence-corrected chi connectivity index (χ2v) is 18.8. The van der Waals surface area contributed by atoms with Gasteiger partial charge >= 0.3 is 37.8 Å². The molecule has 0 amide bonds. The zero-order chi connectivity index (χ0) is 29.4. The summed E-state index contributed by atoms with van der Waals surface area (Å²) in [7, 11) is -1.89. The van der Waals surface area contributed by atoms with Crippen molar-refractivity contribution in [3.05, 3.63) is 140 Å². The topological polar surface area (TPSA) is 0 Å². The zero-order valence-electron chi connectivity index (χ0n) is 22.9. The van der Waals surface area contributed by atoms with E-state index in [0.717, 1.165) is 0 Å². The Labute approximate surface area is 239 Å². The van der Waals surface area contributed by atoms with Crippen LogP contribution >= 0.6 is 7.26 Å². The van der Waals surface area contributed by atoms with Crippen LogP contribution in [0.2, 0.25) is 0 Å². The summed E-state index contributed by atoms with van der Waals surface area (Å²) in [6.45, 7) is 2.48. The van der Waals surface area contributed by atoms with E-state index in [1.54, 1.807) is 0 Å². The van der Waals surface area contributed by atoms with E-state index in [4.69, 9.17) is 0 Å². The van der Waals surface area contributed by atoms with E-state index in [-0.39, 0.29) is 1.43 Å². The van der Waals surface area contributed by atoms with Crippen LogP contribution in [0.1, 0.15) is 1.43 Å². The molecular weight excluding hydrogens is 663 g/mol. The Hall–Kier alpha value is -3.33. The molecule has 0 heterocycles. The molecule has 8 heteroatoms. The first-order valence-electron chi connectivity index (χ1n) is 12.8. The standard InChI is InChI=1S/C33H26P.6FH.Sb/c1-34(27-16-4-2-5-17-27,28-18-6-3-7-19-28)32-23-13-12-22-31(32)33-29-20-10-8-14-25(29)24-26-15-9-11-21-30(26)33;;;;;;;/h2-24H,1H3;6*1H;/q+1;;;;;;;+5/p-5. The fourth-order valence-electron chi connectivity index (χ4n) is 5.26. The van der Waals surface area contributed by atoms with Crippen molar-refractivity contribution in [2.24, 2.45) is 0 Å². The smallest absolute Gasteiger partial charge is 1.00 e. The molecule has 41 heavy (non-hydrogen) atoms. The van der Waals surface area contributed by atoms with Gasteiger partial charge in [0.25, 0.3) is 0 Å². The summed E-state index contributed by atoms with van der Waals surface area (Å²) in [6.07, 6.45) is 0. The molecule has 0 N–H and O–H groups in total. The third-order valence-electron chi connectivity index (χ3n) is 6.97. The predicted molar refractivity (Wildman–Crippen MR) is 165 cm³/mol. The van der Waals surface area contributed by atoms with Gasteiger partial charge in [0.2, 0.25) is 0 Å². The minimum absolute atomic E-state index is 0. The second-order valence-electron chi connectivity index (χ2n) is 9.85. The van der Waals surface area contributed by atoms with Gasteiger partial charge in [-0.1, -0.05) is 103 Å². The molecule has 210 valence electrons. The predicted octanol–water partition coefficient (Wildman–Crippen LogP) is 9.84. The largest absolute Gasteiger partial charge is 1.00 e. The van der Waals surface area contributed by atoms with Gasteiger partial charge in [0.1, 0.15) is 23.2 Å². The maximum absolute atomic E-state index is 11.2. The van der Waals surface area contributed by atoms with Crippen molar-refractivity contribution in [1.29, 1.82) is 0 Å². The van der Waals surface area contributed by atoms with Crippen molar-refractivity contribution >= 4 is 64.2 Å². The Kier molecular flexibility index (Phi) is 7.25. The number of hydrogen-bond acceptors (Lipinski definition) is 0. The Morgan fingerprint density at radius 2 is 0.854 bits per heavy atom. The van der Waals surface area contributed by atoms with E-state index in [2.05, 4.69) is 146 Å². The number of benzene rings is 6. The maximum atomic E-state index is 9.93. The van der Waals surface area contributed by atoms with Gasteiger partial charge < -0.3 is 0 Å². The third kappa shape index (κ3) is 6.94. The van der Waals surface area contributed by atoms with Crippen molar-refractivity contribution in [1.82, 2.24) is 0 Å². The van der Waals surface area contributed by atoms with Gasteiger partial charge in [-0.2, -0.15) is 0 Å². The summed E-state index contributed by atoms with van der Waals surface area (Å²) in [4.78, 5) is 0. The first-order valence-corrected chi connectivity index (χ1v) is 20.8. The van der Waals surface area contributed by atoms with E-state index in [0.29, 0.717) is 0 Å². The maximum Gasteiger partial charge on any atom is 1.00 e. The van der Waals surface area contributed by atoms with E-state index >= 15 is 0 Å². The Bertz CT molecular complexity index is 1740. The van der Waals surface area contributed by atoms with Crippen LogP contribution in [0.5, 0.6) is 0 Å². The monoisotopic (exact) mass is 689 g/mol. The normalized spacial score (nSPS) is 13.6. The zero-order valence-corrected chi connectivity index (χ0v) is 25.4. The molecule has 0 saturated heterocycles. The molecule has 0 fully saturated rings. The van der Waals surface area contributed by atoms with Crippen molar-refractivity contribution in [2.75, 3.05) is 6.66 Å². The van der Waals surface area contributed by atoms with Gasteiger partial charge in [-0.05, 0) is 57.9 Å². The van der Waals surface area contributed by atoms with Crippen molar-refractivity contribution in [3.63, 3.8) is 0 Å². The Morgan fingerprint density at radius 3 is 1.32 bits per heavy atom. The first-order chi connectivity index (χ1) is 19.2. The summed E-state index contributed by atoms with van der Waals surface area (Å²) >= 11 is -11.2. The summed E-state index contributed by atoms with van der Waals surface area (Å²) in [5, 5.41) is 9.41. The summed E-state index contributed by atoms with van der Waals surface area (Å²) in [6, 6.07) is 51.1. The molecule has 0 nitrogen and oxygen atoms in total. The van der Waals surface area contributed by atoms with Crippen LogP contribution in [-0.4, -0.2) is 26.1 Å². The van der Waals surface area contributed by atoms with Crippen LogP contribution in [-0.2, 0) is 0 Å². The van der Waals surface area contributed by atoms with Crippen LogP contribution in [0.3, 0.4) is 0 Å². The minimum atomic E-state index is -11.2. The molecule has 0 radical (unpaired) electrons. The van der Waals surface area contributed by atoms with Crippen LogP contribution in [0.25, 0.3) is 32.7 Å². The third-order valence-corrected chi connectivity index (χ3v) is 11.0. The molecule has 0 aliphatic heterocycles. The molecule has 6 rings (SSSR count). The van der Waals surface area contributed by atoms with Crippen LogP contribution < -0.4 is 15.9 Å². The molecule has 0 saturated carbocycles. The summed E-state index contributed by atoms with van der Waals surface area (Å²) < 4.78 is 59.6. The van der Waals surface area contributed by atoms with Crippen LogP contribution in [0, 0.1) is 0 Å². The molecule has 0 atom stereocenters. The van der Waals surface area contributed by atoms with Gasteiger partial charge in [-0.15, -0.1) is 0 Å². The summed E-state index contributed by atoms with van der Waals surface area (Å²) in [5.74, 6) is 0. The van der Waals surface area contributed by atoms with E-state index in [1.165, 1.54) is 48.6 Å². The number of halogens is 6. The number of rotatable bonds is 4. The first kappa shape index (κ1) is 29.2. The van der Waals surface area contributed by atoms with E-state index in [9.17, 15) is 16.9 Å². The van der Waals surface area contributed by atoms with Crippen molar-refractivity contribution in [3.8, 4) is 11.1 Å². The Balaban J connectivity index is 0.000000454. The van der Waals surface area contributed by atoms with Crippen molar-refractivity contribution in [2.45, 2.75) is 0 Å². The molecular formula is C33H27F6PSb+. The average Bonchev–Trinajstić information content (AvgIpc) is 2.95. The van der Waals surface area contributed by atoms with E-state index < -0.39 is 26.7 Å². The molecule has 0 unspecified atom stereocenters. The number of hydrogen-bond donors (Lipinski definition) is 0. The average molecular weight is 690 g/mol. The van der Waals surface area contributed by atoms with Gasteiger partial charge in [0.15, 0.2) is 0 Å². The van der Waals surface area contributed by atoms with Crippen LogP contribution in [0.15, 0.2) is 140 Å². The molecule has 0 aliphatic carbocycles. The fraction of sp³-hybridized carbons (Fsp3) is 0.0303. The molecule has 6 aromatic rings. The molecule has 0 bridgehead atoms. The summed E-state index contributed by atoms with van der Waals surface area (Å²) in [5.41, 5.74) is 2.67. The molecule has 0 spiro atoms. The Morgan fingerprint density at radius 1 is 0.488 bits per heavy atom. The molecule has 0 aromatic heterocycles. The quantitative estimate of drug-likeness (QED) is 0.0748. The fourth-order valence-corrected chi connectivity index (χ4v) is 8.70. The molecule has 6 aromatic carbocycles. The van der Waals surface area contributed by atoms with Crippen molar-refractivity contribution < 1.29 is 18.3 Å². The van der Waals surface area contributed by atoms with E-state index in [1.807, 2.05) is 0 Å². The number of fused-ring (bicyclic) bond motifs is 2. The van der Waals surface area contributed by atoms with Gasteiger partial charge in [-0.3, -0.25) is 0 Å². The second kappa shape index (κ2) is 10.2.